The van der Waals surface area contributed by atoms with Crippen LogP contribution in [0.2, 0.25) is 0 Å². The van der Waals surface area contributed by atoms with Crippen LogP contribution in [0.15, 0.2) is 60.9 Å². The molecule has 0 unspecified atom stereocenters. The maximum Gasteiger partial charge on any atom is 0.407 e. The number of hydrogen-bond donors (Lipinski definition) is 2. The van der Waals surface area contributed by atoms with Crippen molar-refractivity contribution in [3.8, 4) is 22.5 Å². The summed E-state index contributed by atoms with van der Waals surface area (Å²) in [5.74, 6) is -0.754. The lowest BCUT2D eigenvalue weighted by Crippen LogP contribution is -2.49. The van der Waals surface area contributed by atoms with E-state index in [0.717, 1.165) is 11.9 Å². The van der Waals surface area contributed by atoms with Gasteiger partial charge in [0.25, 0.3) is 5.91 Å². The SMILES string of the molecule is Cn1nc(-c2ccc(F)cc2)c(-c2ccc3nc(NC(=O)c4ccnc(F)c4)cn3n2)c1N1CCN(C(=O)O)CC1. The summed E-state index contributed by atoms with van der Waals surface area (Å²) in [5, 5.41) is 21.5. The maximum absolute atomic E-state index is 13.7. The number of carbonyl (C=O) groups is 2. The molecule has 14 heteroatoms. The number of carbonyl (C=O) groups excluding carboxylic acids is 1. The minimum atomic E-state index is -0.967. The molecule has 208 valence electrons. The van der Waals surface area contributed by atoms with Gasteiger partial charge in [0.15, 0.2) is 11.5 Å². The summed E-state index contributed by atoms with van der Waals surface area (Å²) in [5.41, 5.74) is 3.01. The van der Waals surface area contributed by atoms with Crippen LogP contribution >= 0.6 is 0 Å². The number of pyridine rings is 1. The van der Waals surface area contributed by atoms with Crippen molar-refractivity contribution in [2.45, 2.75) is 0 Å². The Hall–Kier alpha value is -5.40. The number of fused-ring (bicyclic) bond motifs is 1. The van der Waals surface area contributed by atoms with Crippen molar-refractivity contribution in [3.63, 3.8) is 0 Å². The smallest absolute Gasteiger partial charge is 0.407 e. The summed E-state index contributed by atoms with van der Waals surface area (Å²) in [6.07, 6.45) is 1.77. The zero-order valence-electron chi connectivity index (χ0n) is 21.7. The van der Waals surface area contributed by atoms with Gasteiger partial charge in [0.05, 0.1) is 17.5 Å². The number of benzene rings is 1. The Kier molecular flexibility index (Phi) is 6.49. The number of aryl methyl sites for hydroxylation is 1. The normalized spacial score (nSPS) is 13.5. The average molecular weight is 560 g/mol. The first-order chi connectivity index (χ1) is 19.8. The predicted octanol–water partition coefficient (Wildman–Crippen LogP) is 3.52. The lowest BCUT2D eigenvalue weighted by molar-refractivity contribution is 0.102. The highest BCUT2D eigenvalue weighted by Crippen LogP contribution is 2.39. The number of rotatable bonds is 5. The van der Waals surface area contributed by atoms with Gasteiger partial charge in [0.2, 0.25) is 5.95 Å². The average Bonchev–Trinajstić information content (AvgIpc) is 3.52. The summed E-state index contributed by atoms with van der Waals surface area (Å²) < 4.78 is 30.4. The molecule has 2 amide bonds. The molecule has 0 spiro atoms. The Morgan fingerprint density at radius 1 is 0.976 bits per heavy atom. The van der Waals surface area contributed by atoms with Gasteiger partial charge in [-0.2, -0.15) is 14.6 Å². The molecule has 41 heavy (non-hydrogen) atoms. The van der Waals surface area contributed by atoms with Crippen LogP contribution < -0.4 is 10.2 Å². The number of piperazine rings is 1. The van der Waals surface area contributed by atoms with Crippen molar-refractivity contribution in [2.24, 2.45) is 7.05 Å². The number of aromatic nitrogens is 6. The predicted molar refractivity (Wildman–Crippen MR) is 145 cm³/mol. The topological polar surface area (TPSA) is 134 Å². The van der Waals surface area contributed by atoms with Crippen molar-refractivity contribution in [1.82, 2.24) is 34.3 Å². The number of nitrogens with one attached hydrogen (secondary N) is 1. The molecule has 5 aromatic rings. The first kappa shape index (κ1) is 25.9. The minimum Gasteiger partial charge on any atom is -0.465 e. The number of amides is 2. The Morgan fingerprint density at radius 2 is 1.73 bits per heavy atom. The van der Waals surface area contributed by atoms with E-state index >= 15 is 0 Å². The molecular formula is C27H23F2N9O3. The van der Waals surface area contributed by atoms with Crippen LogP contribution in [-0.4, -0.2) is 77.5 Å². The van der Waals surface area contributed by atoms with E-state index in [1.807, 2.05) is 4.90 Å². The van der Waals surface area contributed by atoms with Crippen LogP contribution in [0, 0.1) is 11.8 Å². The van der Waals surface area contributed by atoms with E-state index in [-0.39, 0.29) is 17.2 Å². The molecule has 1 saturated heterocycles. The number of anilines is 2. The zero-order valence-corrected chi connectivity index (χ0v) is 21.7. The second-order valence-corrected chi connectivity index (χ2v) is 9.40. The van der Waals surface area contributed by atoms with Gasteiger partial charge in [-0.15, -0.1) is 0 Å². The number of halogens is 2. The molecule has 1 aliphatic rings. The highest BCUT2D eigenvalue weighted by Gasteiger charge is 2.29. The minimum absolute atomic E-state index is 0.0927. The molecule has 0 radical (unpaired) electrons. The summed E-state index contributed by atoms with van der Waals surface area (Å²) in [4.78, 5) is 35.3. The van der Waals surface area contributed by atoms with E-state index in [0.29, 0.717) is 54.3 Å². The van der Waals surface area contributed by atoms with Crippen LogP contribution in [0.25, 0.3) is 28.2 Å². The van der Waals surface area contributed by atoms with Crippen molar-refractivity contribution in [2.75, 3.05) is 36.4 Å². The third-order valence-corrected chi connectivity index (χ3v) is 6.79. The highest BCUT2D eigenvalue weighted by molar-refractivity contribution is 6.03. The molecule has 1 fully saturated rings. The third-order valence-electron chi connectivity index (χ3n) is 6.79. The number of nitrogens with zero attached hydrogens (tertiary/aromatic N) is 8. The Morgan fingerprint density at radius 3 is 2.44 bits per heavy atom. The van der Waals surface area contributed by atoms with Crippen LogP contribution in [-0.2, 0) is 7.05 Å². The molecule has 1 aromatic carbocycles. The van der Waals surface area contributed by atoms with E-state index in [4.69, 9.17) is 10.2 Å². The Bertz CT molecular complexity index is 1780. The second kappa shape index (κ2) is 10.3. The van der Waals surface area contributed by atoms with Gasteiger partial charge < -0.3 is 20.2 Å². The standard InChI is InChI=1S/C27H23F2N9O3/c1-35-26(36-10-12-37(13-11-36)27(40)41)23(24(34-35)16-2-4-18(28)5-3-16)19-6-7-22-31-21(15-38(22)33-19)32-25(39)17-8-9-30-20(29)14-17/h2-9,14-15H,10-13H2,1H3,(H,32,39)(H,40,41). The van der Waals surface area contributed by atoms with Crippen LogP contribution in [0.5, 0.6) is 0 Å². The van der Waals surface area contributed by atoms with Crippen LogP contribution in [0.4, 0.5) is 25.2 Å². The number of hydrogen-bond acceptors (Lipinski definition) is 7. The van der Waals surface area contributed by atoms with Crippen molar-refractivity contribution in [1.29, 1.82) is 0 Å². The van der Waals surface area contributed by atoms with Gasteiger partial charge >= 0.3 is 6.09 Å². The molecule has 0 bridgehead atoms. The quantitative estimate of drug-likeness (QED) is 0.313. The molecule has 6 rings (SSSR count). The fraction of sp³-hybridized carbons (Fsp3) is 0.185. The van der Waals surface area contributed by atoms with E-state index in [9.17, 15) is 23.5 Å². The van der Waals surface area contributed by atoms with Gasteiger partial charge in [-0.25, -0.2) is 23.7 Å². The van der Waals surface area contributed by atoms with Crippen molar-refractivity contribution in [3.05, 3.63) is 78.3 Å². The monoisotopic (exact) mass is 559 g/mol. The van der Waals surface area contributed by atoms with Crippen molar-refractivity contribution < 1.29 is 23.5 Å². The van der Waals surface area contributed by atoms with E-state index in [2.05, 4.69) is 15.3 Å². The van der Waals surface area contributed by atoms with Gasteiger partial charge in [-0.1, -0.05) is 0 Å². The zero-order chi connectivity index (χ0) is 28.7. The molecule has 0 saturated carbocycles. The highest BCUT2D eigenvalue weighted by atomic mass is 19.1. The number of imidazole rings is 1. The molecule has 1 aliphatic heterocycles. The lowest BCUT2D eigenvalue weighted by Gasteiger charge is -2.34. The van der Waals surface area contributed by atoms with E-state index in [1.165, 1.54) is 40.0 Å². The van der Waals surface area contributed by atoms with E-state index in [1.54, 1.807) is 36.0 Å². The van der Waals surface area contributed by atoms with Gasteiger partial charge in [-0.3, -0.25) is 9.48 Å². The van der Waals surface area contributed by atoms with Gasteiger partial charge in [0.1, 0.15) is 17.3 Å². The molecule has 0 aliphatic carbocycles. The van der Waals surface area contributed by atoms with Gasteiger partial charge in [-0.05, 0) is 42.5 Å². The second-order valence-electron chi connectivity index (χ2n) is 9.40. The maximum atomic E-state index is 13.7. The van der Waals surface area contributed by atoms with E-state index < -0.39 is 17.9 Å². The first-order valence-corrected chi connectivity index (χ1v) is 12.6. The molecule has 2 N–H and O–H groups in total. The summed E-state index contributed by atoms with van der Waals surface area (Å²) in [6.45, 7) is 1.54. The fourth-order valence-corrected chi connectivity index (χ4v) is 4.84. The summed E-state index contributed by atoms with van der Waals surface area (Å²) in [7, 11) is 1.79. The van der Waals surface area contributed by atoms with Crippen LogP contribution in [0.3, 0.4) is 0 Å². The molecule has 0 atom stereocenters. The lowest BCUT2D eigenvalue weighted by atomic mass is 10.0. The molecule has 4 aromatic heterocycles. The summed E-state index contributed by atoms with van der Waals surface area (Å²) in [6, 6.07) is 11.9. The number of carboxylic acid groups (broad SMARTS) is 1. The summed E-state index contributed by atoms with van der Waals surface area (Å²) >= 11 is 0. The Balaban J connectivity index is 1.39. The van der Waals surface area contributed by atoms with Crippen LogP contribution in [0.1, 0.15) is 10.4 Å². The van der Waals surface area contributed by atoms with Crippen molar-refractivity contribution >= 4 is 29.3 Å². The largest absolute Gasteiger partial charge is 0.465 e. The molecule has 5 heterocycles. The third kappa shape index (κ3) is 5.02. The van der Waals surface area contributed by atoms with Gasteiger partial charge in [0, 0.05) is 56.6 Å². The first-order valence-electron chi connectivity index (χ1n) is 12.6. The molecule has 12 nitrogen and oxygen atoms in total. The molecular weight excluding hydrogens is 536 g/mol. The fourth-order valence-electron chi connectivity index (χ4n) is 4.84. The Labute approximate surface area is 231 Å².